The van der Waals surface area contributed by atoms with Crippen molar-refractivity contribution >= 4 is 28.9 Å². The highest BCUT2D eigenvalue weighted by Gasteiger charge is 2.27. The van der Waals surface area contributed by atoms with Crippen LogP contribution in [-0.4, -0.2) is 41.8 Å². The van der Waals surface area contributed by atoms with Gasteiger partial charge in [0.25, 0.3) is 17.7 Å². The van der Waals surface area contributed by atoms with E-state index < -0.39 is 53.7 Å². The maximum atomic E-state index is 14.4. The Hall–Kier alpha value is -4.41. The monoisotopic (exact) mass is 483 g/mol. The molecule has 0 spiro atoms. The van der Waals surface area contributed by atoms with Crippen LogP contribution in [0.25, 0.3) is 0 Å². The number of para-hydroxylation sites is 1. The second-order valence-electron chi connectivity index (χ2n) is 7.35. The molecule has 0 unspecified atom stereocenters. The topological polar surface area (TPSA) is 105 Å². The highest BCUT2D eigenvalue weighted by Crippen LogP contribution is 2.27. The lowest BCUT2D eigenvalue weighted by molar-refractivity contribution is -0.125. The molecule has 0 aliphatic carbocycles. The molecule has 0 saturated heterocycles. The summed E-state index contributed by atoms with van der Waals surface area (Å²) in [6.45, 7) is 0.800. The van der Waals surface area contributed by atoms with E-state index in [2.05, 4.69) is 25.9 Å². The van der Waals surface area contributed by atoms with E-state index in [4.69, 9.17) is 4.74 Å². The van der Waals surface area contributed by atoms with Gasteiger partial charge in [0.15, 0.2) is 0 Å². The fourth-order valence-corrected chi connectivity index (χ4v) is 3.43. The van der Waals surface area contributed by atoms with Crippen LogP contribution in [0, 0.1) is 17.6 Å². The summed E-state index contributed by atoms with van der Waals surface area (Å²) in [5, 5.41) is 7.33. The molecular formula is C24H20F3N5O3. The molecule has 180 valence electrons. The quantitative estimate of drug-likeness (QED) is 0.448. The molecule has 2 heterocycles. The number of benzodiazepines with no additional fused rings is 1. The van der Waals surface area contributed by atoms with E-state index in [0.29, 0.717) is 22.5 Å². The van der Waals surface area contributed by atoms with Gasteiger partial charge in [-0.05, 0) is 13.0 Å². The van der Waals surface area contributed by atoms with Crippen LogP contribution >= 0.6 is 0 Å². The fourth-order valence-electron chi connectivity index (χ4n) is 3.43. The average molecular weight is 483 g/mol. The number of aromatic nitrogens is 1. The number of ether oxygens (including phenoxy) is 1. The van der Waals surface area contributed by atoms with E-state index in [1.807, 2.05) is 30.3 Å². The van der Waals surface area contributed by atoms with Crippen LogP contribution in [0.3, 0.4) is 0 Å². The number of hydrogen-bond acceptors (Lipinski definition) is 6. The number of rotatable bonds is 7. The number of aliphatic imine (C=N–C) groups is 1. The summed E-state index contributed by atoms with van der Waals surface area (Å²) in [5.74, 6) is -6.65. The van der Waals surface area contributed by atoms with Gasteiger partial charge in [-0.25, -0.2) is 4.99 Å². The fraction of sp³-hybridized carbons (Fsp3) is 0.167. The van der Waals surface area contributed by atoms with E-state index >= 15 is 0 Å². The number of halogens is 3. The first-order chi connectivity index (χ1) is 16.9. The lowest BCUT2D eigenvalue weighted by Crippen LogP contribution is -2.44. The average Bonchev–Trinajstić information content (AvgIpc) is 2.99. The predicted octanol–water partition coefficient (Wildman–Crippen LogP) is 3.24. The molecule has 1 aromatic heterocycles. The Bertz CT molecular complexity index is 1300. The lowest BCUT2D eigenvalue weighted by atomic mass is 10.0. The SMILES string of the molecule is CCOc1nc(F)c(F)c(NCC(=O)N[C@H]2N=C(c3ccccc3)c3ccccc3NC2=O)c1F. The number of benzene rings is 2. The van der Waals surface area contributed by atoms with Crippen molar-refractivity contribution in [2.45, 2.75) is 13.1 Å². The molecule has 0 fully saturated rings. The normalized spacial score (nSPS) is 14.8. The van der Waals surface area contributed by atoms with Crippen molar-refractivity contribution in [3.05, 3.63) is 83.3 Å². The molecule has 1 atom stereocenters. The molecule has 1 aliphatic rings. The van der Waals surface area contributed by atoms with E-state index in [1.165, 1.54) is 6.92 Å². The number of carbonyl (C=O) groups excluding carboxylic acids is 2. The van der Waals surface area contributed by atoms with Gasteiger partial charge in [0, 0.05) is 11.1 Å². The molecule has 4 rings (SSSR count). The smallest absolute Gasteiger partial charge is 0.269 e. The summed E-state index contributed by atoms with van der Waals surface area (Å²) in [6, 6.07) is 16.1. The number of anilines is 2. The molecule has 0 bridgehead atoms. The van der Waals surface area contributed by atoms with E-state index in [9.17, 15) is 22.8 Å². The summed E-state index contributed by atoms with van der Waals surface area (Å²) < 4.78 is 47.1. The maximum Gasteiger partial charge on any atom is 0.269 e. The van der Waals surface area contributed by atoms with Crippen LogP contribution in [0.5, 0.6) is 5.88 Å². The van der Waals surface area contributed by atoms with Gasteiger partial charge in [-0.3, -0.25) is 9.59 Å². The van der Waals surface area contributed by atoms with Crippen LogP contribution < -0.4 is 20.7 Å². The molecule has 0 saturated carbocycles. The molecule has 2 aromatic carbocycles. The maximum absolute atomic E-state index is 14.4. The largest absolute Gasteiger partial charge is 0.476 e. The summed E-state index contributed by atoms with van der Waals surface area (Å²) >= 11 is 0. The number of amides is 2. The minimum atomic E-state index is -1.61. The van der Waals surface area contributed by atoms with E-state index in [1.54, 1.807) is 24.3 Å². The molecule has 8 nitrogen and oxygen atoms in total. The Kier molecular flexibility index (Phi) is 6.95. The second-order valence-corrected chi connectivity index (χ2v) is 7.35. The third-order valence-electron chi connectivity index (χ3n) is 5.01. The van der Waals surface area contributed by atoms with Gasteiger partial charge in [0.1, 0.15) is 5.69 Å². The van der Waals surface area contributed by atoms with Gasteiger partial charge < -0.3 is 20.7 Å². The molecule has 1 aliphatic heterocycles. The number of nitrogens with one attached hydrogen (secondary N) is 3. The number of nitrogens with zero attached hydrogens (tertiary/aromatic N) is 2. The Morgan fingerprint density at radius 3 is 2.51 bits per heavy atom. The second kappa shape index (κ2) is 10.2. The Morgan fingerprint density at radius 1 is 1.06 bits per heavy atom. The van der Waals surface area contributed by atoms with Crippen molar-refractivity contribution in [3.63, 3.8) is 0 Å². The summed E-state index contributed by atoms with van der Waals surface area (Å²) in [6.07, 6.45) is -1.34. The zero-order valence-electron chi connectivity index (χ0n) is 18.4. The molecule has 0 radical (unpaired) electrons. The van der Waals surface area contributed by atoms with Gasteiger partial charge in [-0.1, -0.05) is 48.5 Å². The minimum Gasteiger partial charge on any atom is -0.476 e. The zero-order chi connectivity index (χ0) is 24.9. The van der Waals surface area contributed by atoms with Crippen LogP contribution in [0.4, 0.5) is 24.5 Å². The first kappa shape index (κ1) is 23.7. The van der Waals surface area contributed by atoms with Crippen molar-refractivity contribution < 1.29 is 27.5 Å². The van der Waals surface area contributed by atoms with Gasteiger partial charge in [0.05, 0.1) is 24.6 Å². The van der Waals surface area contributed by atoms with Gasteiger partial charge in [-0.2, -0.15) is 18.2 Å². The number of pyridine rings is 1. The van der Waals surface area contributed by atoms with Crippen LogP contribution in [0.2, 0.25) is 0 Å². The third-order valence-corrected chi connectivity index (χ3v) is 5.01. The van der Waals surface area contributed by atoms with Crippen molar-refractivity contribution in [1.82, 2.24) is 10.3 Å². The minimum absolute atomic E-state index is 0.0319. The Balaban J connectivity index is 1.56. The van der Waals surface area contributed by atoms with E-state index in [0.717, 1.165) is 0 Å². The van der Waals surface area contributed by atoms with Gasteiger partial charge in [-0.15, -0.1) is 0 Å². The molecule has 2 amide bonds. The van der Waals surface area contributed by atoms with E-state index in [-0.39, 0.29) is 6.61 Å². The Morgan fingerprint density at radius 2 is 1.77 bits per heavy atom. The van der Waals surface area contributed by atoms with Crippen molar-refractivity contribution in [2.75, 3.05) is 23.8 Å². The van der Waals surface area contributed by atoms with Crippen molar-refractivity contribution in [1.29, 1.82) is 0 Å². The molecule has 3 N–H and O–H groups in total. The lowest BCUT2D eigenvalue weighted by Gasteiger charge is -2.15. The highest BCUT2D eigenvalue weighted by molar-refractivity contribution is 6.19. The summed E-state index contributed by atoms with van der Waals surface area (Å²) in [7, 11) is 0. The summed E-state index contributed by atoms with van der Waals surface area (Å²) in [5.41, 5.74) is 1.43. The first-order valence-electron chi connectivity index (χ1n) is 10.6. The van der Waals surface area contributed by atoms with Crippen LogP contribution in [0.1, 0.15) is 18.1 Å². The zero-order valence-corrected chi connectivity index (χ0v) is 18.4. The third kappa shape index (κ3) is 5.08. The number of carbonyl (C=O) groups is 2. The molecule has 35 heavy (non-hydrogen) atoms. The summed E-state index contributed by atoms with van der Waals surface area (Å²) in [4.78, 5) is 32.9. The molecule has 3 aromatic rings. The molecular weight excluding hydrogens is 463 g/mol. The Labute approximate surface area is 198 Å². The first-order valence-corrected chi connectivity index (χ1v) is 10.6. The standard InChI is InChI=1S/C24H20F3N5O3/c1-2-35-24-18(26)20(17(25)21(27)32-24)28-12-16(33)30-22-23(34)29-15-11-7-6-10-14(15)19(31-22)13-8-4-3-5-9-13/h3-11,22H,2,12H2,1H3,(H,28,32)(H,29,34)(H,30,33)/t22-/m0/s1. The van der Waals surface area contributed by atoms with Gasteiger partial charge >= 0.3 is 0 Å². The van der Waals surface area contributed by atoms with Crippen LogP contribution in [-0.2, 0) is 9.59 Å². The number of hydrogen-bond donors (Lipinski definition) is 3. The van der Waals surface area contributed by atoms with Gasteiger partial charge in [0.2, 0.25) is 23.7 Å². The highest BCUT2D eigenvalue weighted by atomic mass is 19.2. The predicted molar refractivity (Wildman–Crippen MR) is 123 cm³/mol. The van der Waals surface area contributed by atoms with Crippen LogP contribution in [0.15, 0.2) is 59.6 Å². The van der Waals surface area contributed by atoms with Crippen molar-refractivity contribution in [3.8, 4) is 5.88 Å². The van der Waals surface area contributed by atoms with Crippen molar-refractivity contribution in [2.24, 2.45) is 4.99 Å². The number of fused-ring (bicyclic) bond motifs is 1. The molecule has 11 heteroatoms.